The number of ether oxygens (including phenoxy) is 1. The van der Waals surface area contributed by atoms with E-state index in [4.69, 9.17) is 14.8 Å². The molecule has 1 amide bonds. The van der Waals surface area contributed by atoms with Gasteiger partial charge >= 0.3 is 13.1 Å². The lowest BCUT2D eigenvalue weighted by Crippen LogP contribution is -2.59. The van der Waals surface area contributed by atoms with Crippen LogP contribution in [0.25, 0.3) is 0 Å². The van der Waals surface area contributed by atoms with Gasteiger partial charge in [0.1, 0.15) is 28.8 Å². The molecule has 1 aromatic rings. The van der Waals surface area contributed by atoms with Crippen LogP contribution in [-0.2, 0) is 11.2 Å². The van der Waals surface area contributed by atoms with Crippen LogP contribution in [0.15, 0.2) is 12.1 Å². The SMILES string of the molecule is CC1(F)CN[C@H](C(=O)N2CC(Oc3ccc(CCB(O)O)c(O)c3C(=O)O)C2)C1. The topological polar surface area (TPSA) is 140 Å². The zero-order chi connectivity index (χ0) is 21.3. The number of aryl methyl sites for hydroxylation is 1. The zero-order valence-electron chi connectivity index (χ0n) is 16.0. The average Bonchev–Trinajstić information content (AvgIpc) is 2.95. The zero-order valence-corrected chi connectivity index (χ0v) is 16.0. The number of halogens is 1. The van der Waals surface area contributed by atoms with Gasteiger partial charge in [0, 0.05) is 13.0 Å². The molecule has 1 unspecified atom stereocenters. The third-order valence-electron chi connectivity index (χ3n) is 5.21. The van der Waals surface area contributed by atoms with Gasteiger partial charge in [-0.15, -0.1) is 0 Å². The highest BCUT2D eigenvalue weighted by Crippen LogP contribution is 2.34. The molecule has 0 spiro atoms. The van der Waals surface area contributed by atoms with E-state index in [0.717, 1.165) is 0 Å². The summed E-state index contributed by atoms with van der Waals surface area (Å²) in [7, 11) is -1.57. The van der Waals surface area contributed by atoms with E-state index in [2.05, 4.69) is 5.32 Å². The van der Waals surface area contributed by atoms with Crippen molar-refractivity contribution in [1.82, 2.24) is 10.2 Å². The highest BCUT2D eigenvalue weighted by Gasteiger charge is 2.43. The second-order valence-electron chi connectivity index (χ2n) is 7.80. The van der Waals surface area contributed by atoms with Crippen LogP contribution in [-0.4, -0.2) is 81.6 Å². The average molecular weight is 410 g/mol. The van der Waals surface area contributed by atoms with Crippen LogP contribution in [0, 0.1) is 0 Å². The van der Waals surface area contributed by atoms with Crippen LogP contribution in [0.3, 0.4) is 0 Å². The Hall–Kier alpha value is -2.37. The number of phenols is 1. The number of nitrogens with one attached hydrogen (secondary N) is 1. The first-order valence-corrected chi connectivity index (χ1v) is 9.39. The molecule has 0 saturated carbocycles. The molecule has 2 saturated heterocycles. The Kier molecular flexibility index (Phi) is 6.01. The van der Waals surface area contributed by atoms with Gasteiger partial charge in [0.05, 0.1) is 19.1 Å². The summed E-state index contributed by atoms with van der Waals surface area (Å²) in [5.74, 6) is -2.12. The second kappa shape index (κ2) is 8.17. The molecule has 0 radical (unpaired) electrons. The van der Waals surface area contributed by atoms with Crippen molar-refractivity contribution in [2.75, 3.05) is 19.6 Å². The normalized spacial score (nSPS) is 24.3. The number of alkyl halides is 1. The van der Waals surface area contributed by atoms with Gasteiger partial charge in [0.25, 0.3) is 0 Å². The summed E-state index contributed by atoms with van der Waals surface area (Å²) in [4.78, 5) is 25.5. The third kappa shape index (κ3) is 4.80. The molecular weight excluding hydrogens is 386 g/mol. The molecule has 158 valence electrons. The number of aromatic carboxylic acids is 1. The van der Waals surface area contributed by atoms with E-state index < -0.39 is 42.2 Å². The van der Waals surface area contributed by atoms with E-state index in [0.29, 0.717) is 0 Å². The monoisotopic (exact) mass is 410 g/mol. The summed E-state index contributed by atoms with van der Waals surface area (Å²) in [6.07, 6.45) is -0.314. The molecule has 0 aromatic heterocycles. The molecule has 0 aliphatic carbocycles. The maximum absolute atomic E-state index is 13.9. The quantitative estimate of drug-likeness (QED) is 0.389. The van der Waals surface area contributed by atoms with Gasteiger partial charge < -0.3 is 35.2 Å². The number of carboxylic acid groups (broad SMARTS) is 1. The number of rotatable bonds is 7. The maximum Gasteiger partial charge on any atom is 0.451 e. The molecule has 11 heteroatoms. The number of carbonyl (C=O) groups is 2. The summed E-state index contributed by atoms with van der Waals surface area (Å²) in [5.41, 5.74) is -1.57. The first-order chi connectivity index (χ1) is 13.6. The molecular formula is C18H24BFN2O7. The number of benzene rings is 1. The Balaban J connectivity index is 1.62. The van der Waals surface area contributed by atoms with Crippen molar-refractivity contribution >= 4 is 19.0 Å². The van der Waals surface area contributed by atoms with Gasteiger partial charge in [0.2, 0.25) is 5.91 Å². The van der Waals surface area contributed by atoms with E-state index in [1.165, 1.54) is 24.0 Å². The lowest BCUT2D eigenvalue weighted by Gasteiger charge is -2.40. The standard InChI is InChI=1S/C18H24BFN2O7/c1-18(20)6-12(21-9-18)16(24)22-7-11(8-22)29-13-3-2-10(4-5-19(27)28)15(23)14(13)17(25)26/h2-3,11-12,21,23,27-28H,4-9H2,1H3,(H,25,26)/t12-,18?/m0/s1. The molecule has 1 aromatic carbocycles. The summed E-state index contributed by atoms with van der Waals surface area (Å²) < 4.78 is 19.6. The van der Waals surface area contributed by atoms with Crippen LogP contribution >= 0.6 is 0 Å². The van der Waals surface area contributed by atoms with E-state index in [-0.39, 0.29) is 56.0 Å². The smallest absolute Gasteiger partial charge is 0.451 e. The van der Waals surface area contributed by atoms with Crippen molar-refractivity contribution in [3.63, 3.8) is 0 Å². The molecule has 2 fully saturated rings. The molecule has 2 aliphatic heterocycles. The molecule has 0 bridgehead atoms. The Morgan fingerprint density at radius 1 is 1.38 bits per heavy atom. The molecule has 2 atom stereocenters. The minimum atomic E-state index is -1.57. The fraction of sp³-hybridized carbons (Fsp3) is 0.556. The number of nitrogens with zero attached hydrogens (tertiary/aromatic N) is 1. The van der Waals surface area contributed by atoms with Gasteiger partial charge in [0.15, 0.2) is 0 Å². The number of amides is 1. The minimum Gasteiger partial charge on any atom is -0.507 e. The summed E-state index contributed by atoms with van der Waals surface area (Å²) in [6.45, 7) is 2.04. The summed E-state index contributed by atoms with van der Waals surface area (Å²) in [6, 6.07) is 2.29. The Labute approximate surface area is 167 Å². The molecule has 2 aliphatic rings. The highest BCUT2D eigenvalue weighted by molar-refractivity contribution is 6.41. The van der Waals surface area contributed by atoms with Crippen molar-refractivity contribution in [2.45, 2.75) is 43.9 Å². The number of carboxylic acids is 1. The second-order valence-corrected chi connectivity index (χ2v) is 7.80. The van der Waals surface area contributed by atoms with Crippen LogP contribution < -0.4 is 10.1 Å². The predicted molar refractivity (Wildman–Crippen MR) is 101 cm³/mol. The van der Waals surface area contributed by atoms with E-state index in [9.17, 15) is 24.2 Å². The molecule has 29 heavy (non-hydrogen) atoms. The van der Waals surface area contributed by atoms with Crippen molar-refractivity contribution in [2.24, 2.45) is 0 Å². The van der Waals surface area contributed by atoms with Crippen LogP contribution in [0.2, 0.25) is 6.32 Å². The van der Waals surface area contributed by atoms with Gasteiger partial charge in [-0.2, -0.15) is 0 Å². The lowest BCUT2D eigenvalue weighted by atomic mass is 9.82. The largest absolute Gasteiger partial charge is 0.507 e. The fourth-order valence-corrected chi connectivity index (χ4v) is 3.58. The number of likely N-dealkylation sites (tertiary alicyclic amines) is 1. The minimum absolute atomic E-state index is 0.0317. The number of hydrogen-bond acceptors (Lipinski definition) is 7. The Bertz CT molecular complexity index is 799. The number of hydrogen-bond donors (Lipinski definition) is 5. The first kappa shape index (κ1) is 21.3. The molecule has 2 heterocycles. The number of carbonyl (C=O) groups excluding carboxylic acids is 1. The predicted octanol–water partition coefficient (Wildman–Crippen LogP) is -0.215. The highest BCUT2D eigenvalue weighted by atomic mass is 19.1. The first-order valence-electron chi connectivity index (χ1n) is 9.39. The summed E-state index contributed by atoms with van der Waals surface area (Å²) in [5, 5.41) is 40.5. The molecule has 9 nitrogen and oxygen atoms in total. The molecule has 3 rings (SSSR count). The summed E-state index contributed by atoms with van der Waals surface area (Å²) >= 11 is 0. The van der Waals surface area contributed by atoms with Crippen molar-refractivity contribution in [1.29, 1.82) is 0 Å². The van der Waals surface area contributed by atoms with Crippen LogP contribution in [0.1, 0.15) is 29.3 Å². The maximum atomic E-state index is 13.9. The van der Waals surface area contributed by atoms with Gasteiger partial charge in [-0.3, -0.25) is 4.79 Å². The Morgan fingerprint density at radius 2 is 2.07 bits per heavy atom. The van der Waals surface area contributed by atoms with E-state index in [1.807, 2.05) is 0 Å². The van der Waals surface area contributed by atoms with E-state index >= 15 is 0 Å². The van der Waals surface area contributed by atoms with Gasteiger partial charge in [-0.25, -0.2) is 9.18 Å². The molecule has 5 N–H and O–H groups in total. The van der Waals surface area contributed by atoms with Crippen LogP contribution in [0.5, 0.6) is 11.5 Å². The van der Waals surface area contributed by atoms with E-state index in [1.54, 1.807) is 0 Å². The van der Waals surface area contributed by atoms with Gasteiger partial charge in [-0.05, 0) is 31.3 Å². The van der Waals surface area contributed by atoms with Crippen molar-refractivity contribution in [3.05, 3.63) is 23.3 Å². The van der Waals surface area contributed by atoms with Crippen molar-refractivity contribution in [3.8, 4) is 11.5 Å². The number of aromatic hydroxyl groups is 1. The van der Waals surface area contributed by atoms with Gasteiger partial charge in [-0.1, -0.05) is 6.07 Å². The fourth-order valence-electron chi connectivity index (χ4n) is 3.58. The van der Waals surface area contributed by atoms with Crippen LogP contribution in [0.4, 0.5) is 4.39 Å². The Morgan fingerprint density at radius 3 is 2.62 bits per heavy atom. The van der Waals surface area contributed by atoms with Crippen molar-refractivity contribution < 1.29 is 39.0 Å². The third-order valence-corrected chi connectivity index (χ3v) is 5.21. The lowest BCUT2D eigenvalue weighted by molar-refractivity contribution is -0.142.